The third-order valence-electron chi connectivity index (χ3n) is 3.59. The Bertz CT molecular complexity index is 535. The van der Waals surface area contributed by atoms with Crippen molar-refractivity contribution in [1.82, 2.24) is 0 Å². The molecular weight excluding hydrogens is 321 g/mol. The SMILES string of the molecule is CC1(C)C(O)CC1Oc1cc(F)c(Br)cc1[N+](=O)[O-]. The molecule has 1 aliphatic rings. The van der Waals surface area contributed by atoms with E-state index in [-0.39, 0.29) is 22.0 Å². The van der Waals surface area contributed by atoms with Gasteiger partial charge < -0.3 is 9.84 Å². The fourth-order valence-corrected chi connectivity index (χ4v) is 2.30. The van der Waals surface area contributed by atoms with E-state index in [0.717, 1.165) is 12.1 Å². The molecule has 0 amide bonds. The lowest BCUT2D eigenvalue weighted by Gasteiger charge is -2.48. The van der Waals surface area contributed by atoms with Gasteiger partial charge in [0.25, 0.3) is 0 Å². The van der Waals surface area contributed by atoms with Crippen LogP contribution in [0.2, 0.25) is 0 Å². The van der Waals surface area contributed by atoms with E-state index in [0.29, 0.717) is 6.42 Å². The first-order chi connectivity index (χ1) is 8.73. The summed E-state index contributed by atoms with van der Waals surface area (Å²) in [7, 11) is 0. The molecule has 0 spiro atoms. The van der Waals surface area contributed by atoms with Gasteiger partial charge in [-0.25, -0.2) is 4.39 Å². The normalized spacial score (nSPS) is 24.7. The van der Waals surface area contributed by atoms with Crippen molar-refractivity contribution in [2.75, 3.05) is 0 Å². The number of benzene rings is 1. The van der Waals surface area contributed by atoms with Crippen LogP contribution >= 0.6 is 15.9 Å². The molecule has 1 aliphatic carbocycles. The average molecular weight is 334 g/mol. The first-order valence-corrected chi connectivity index (χ1v) is 6.51. The number of aliphatic hydroxyl groups excluding tert-OH is 1. The molecule has 1 saturated carbocycles. The van der Waals surface area contributed by atoms with Gasteiger partial charge in [-0.1, -0.05) is 13.8 Å². The van der Waals surface area contributed by atoms with Gasteiger partial charge in [0, 0.05) is 24.0 Å². The number of nitro benzene ring substituents is 1. The number of ether oxygens (including phenoxy) is 1. The van der Waals surface area contributed by atoms with E-state index >= 15 is 0 Å². The maximum absolute atomic E-state index is 13.5. The smallest absolute Gasteiger partial charge is 0.312 e. The van der Waals surface area contributed by atoms with Crippen molar-refractivity contribution in [3.8, 4) is 5.75 Å². The molecule has 1 aromatic carbocycles. The predicted octanol–water partition coefficient (Wildman–Crippen LogP) is 3.03. The van der Waals surface area contributed by atoms with Crippen molar-refractivity contribution in [3.05, 3.63) is 32.5 Å². The van der Waals surface area contributed by atoms with Crippen molar-refractivity contribution in [2.45, 2.75) is 32.5 Å². The van der Waals surface area contributed by atoms with Crippen molar-refractivity contribution in [1.29, 1.82) is 0 Å². The summed E-state index contributed by atoms with van der Waals surface area (Å²) in [5.74, 6) is -0.742. The molecule has 19 heavy (non-hydrogen) atoms. The van der Waals surface area contributed by atoms with E-state index in [9.17, 15) is 19.6 Å². The Hall–Kier alpha value is -1.21. The third kappa shape index (κ3) is 2.44. The zero-order chi connectivity index (χ0) is 14.4. The zero-order valence-electron chi connectivity index (χ0n) is 10.4. The molecule has 0 saturated heterocycles. The van der Waals surface area contributed by atoms with Crippen LogP contribution in [-0.4, -0.2) is 22.2 Å². The van der Waals surface area contributed by atoms with Gasteiger partial charge in [0.05, 0.1) is 15.5 Å². The molecule has 7 heteroatoms. The molecule has 0 aromatic heterocycles. The Kier molecular flexibility index (Phi) is 3.53. The van der Waals surface area contributed by atoms with Crippen LogP contribution in [0.1, 0.15) is 20.3 Å². The van der Waals surface area contributed by atoms with Gasteiger partial charge in [-0.05, 0) is 15.9 Å². The van der Waals surface area contributed by atoms with Crippen LogP contribution in [0.15, 0.2) is 16.6 Å². The minimum Gasteiger partial charge on any atom is -0.483 e. The standard InChI is InChI=1S/C12H13BrFNO4/c1-12(2)10(16)5-11(12)19-9-4-7(14)6(13)3-8(9)15(17)18/h3-4,10-11,16H,5H2,1-2H3. The first-order valence-electron chi connectivity index (χ1n) is 5.71. The molecule has 2 unspecified atom stereocenters. The second-order valence-corrected chi connectivity index (χ2v) is 6.02. The largest absolute Gasteiger partial charge is 0.483 e. The van der Waals surface area contributed by atoms with Crippen molar-refractivity contribution in [3.63, 3.8) is 0 Å². The fraction of sp³-hybridized carbons (Fsp3) is 0.500. The Morgan fingerprint density at radius 3 is 2.68 bits per heavy atom. The molecule has 5 nitrogen and oxygen atoms in total. The highest BCUT2D eigenvalue weighted by atomic mass is 79.9. The Morgan fingerprint density at radius 1 is 1.58 bits per heavy atom. The Labute approximate surface area is 117 Å². The van der Waals surface area contributed by atoms with E-state index in [1.807, 2.05) is 0 Å². The average Bonchev–Trinajstić information content (AvgIpc) is 2.32. The Balaban J connectivity index is 2.30. The highest BCUT2D eigenvalue weighted by Gasteiger charge is 2.49. The number of hydrogen-bond donors (Lipinski definition) is 1. The van der Waals surface area contributed by atoms with Gasteiger partial charge in [0.15, 0.2) is 5.75 Å². The van der Waals surface area contributed by atoms with Gasteiger partial charge in [-0.2, -0.15) is 0 Å². The molecule has 104 valence electrons. The summed E-state index contributed by atoms with van der Waals surface area (Å²) >= 11 is 2.90. The zero-order valence-corrected chi connectivity index (χ0v) is 12.0. The van der Waals surface area contributed by atoms with Gasteiger partial charge in [-0.3, -0.25) is 10.1 Å². The third-order valence-corrected chi connectivity index (χ3v) is 4.20. The molecule has 1 aromatic rings. The molecule has 2 atom stereocenters. The van der Waals surface area contributed by atoms with E-state index in [1.54, 1.807) is 13.8 Å². The van der Waals surface area contributed by atoms with Crippen LogP contribution in [0, 0.1) is 21.3 Å². The van der Waals surface area contributed by atoms with Crippen molar-refractivity contribution < 1.29 is 19.2 Å². The summed E-state index contributed by atoms with van der Waals surface area (Å²) in [6, 6.07) is 2.07. The predicted molar refractivity (Wildman–Crippen MR) is 69.6 cm³/mol. The van der Waals surface area contributed by atoms with Crippen molar-refractivity contribution in [2.24, 2.45) is 5.41 Å². The topological polar surface area (TPSA) is 72.6 Å². The number of hydrogen-bond acceptors (Lipinski definition) is 4. The molecule has 0 aliphatic heterocycles. The number of aliphatic hydroxyl groups is 1. The summed E-state index contributed by atoms with van der Waals surface area (Å²) in [6.07, 6.45) is -0.513. The maximum Gasteiger partial charge on any atom is 0.312 e. The van der Waals surface area contributed by atoms with Crippen LogP contribution in [0.25, 0.3) is 0 Å². The van der Waals surface area contributed by atoms with Crippen LogP contribution in [0.5, 0.6) is 5.75 Å². The maximum atomic E-state index is 13.5. The van der Waals surface area contributed by atoms with Gasteiger partial charge in [-0.15, -0.1) is 0 Å². The first kappa shape index (κ1) is 14.2. The van der Waals surface area contributed by atoms with E-state index < -0.39 is 22.3 Å². The monoisotopic (exact) mass is 333 g/mol. The van der Waals surface area contributed by atoms with Crippen LogP contribution in [-0.2, 0) is 0 Å². The van der Waals surface area contributed by atoms with Crippen LogP contribution in [0.3, 0.4) is 0 Å². The Morgan fingerprint density at radius 2 is 2.21 bits per heavy atom. The fourth-order valence-electron chi connectivity index (χ4n) is 1.97. The minimum absolute atomic E-state index is 0.0134. The summed E-state index contributed by atoms with van der Waals surface area (Å²) in [5, 5.41) is 20.5. The lowest BCUT2D eigenvalue weighted by molar-refractivity contribution is -0.386. The molecular formula is C12H13BrFNO4. The van der Waals surface area contributed by atoms with Crippen LogP contribution < -0.4 is 4.74 Å². The lowest BCUT2D eigenvalue weighted by atomic mass is 9.66. The van der Waals surface area contributed by atoms with Crippen LogP contribution in [0.4, 0.5) is 10.1 Å². The molecule has 0 heterocycles. The second-order valence-electron chi connectivity index (χ2n) is 5.17. The summed E-state index contributed by atoms with van der Waals surface area (Å²) in [5.41, 5.74) is -0.803. The van der Waals surface area contributed by atoms with E-state index in [2.05, 4.69) is 15.9 Å². The number of nitro groups is 1. The van der Waals surface area contributed by atoms with E-state index in [4.69, 9.17) is 4.74 Å². The molecule has 0 bridgehead atoms. The van der Waals surface area contributed by atoms with E-state index in [1.165, 1.54) is 0 Å². The summed E-state index contributed by atoms with van der Waals surface area (Å²) in [6.45, 7) is 3.60. The quantitative estimate of drug-likeness (QED) is 0.681. The molecule has 2 rings (SSSR count). The summed E-state index contributed by atoms with van der Waals surface area (Å²) < 4.78 is 19.0. The second kappa shape index (κ2) is 4.72. The number of rotatable bonds is 3. The van der Waals surface area contributed by atoms with Gasteiger partial charge in [0.2, 0.25) is 0 Å². The van der Waals surface area contributed by atoms with Gasteiger partial charge >= 0.3 is 5.69 Å². The highest BCUT2D eigenvalue weighted by Crippen LogP contribution is 2.44. The van der Waals surface area contributed by atoms with Crippen molar-refractivity contribution >= 4 is 21.6 Å². The number of nitrogens with zero attached hydrogens (tertiary/aromatic N) is 1. The molecule has 0 radical (unpaired) electrons. The lowest BCUT2D eigenvalue weighted by Crippen LogP contribution is -2.56. The molecule has 1 fully saturated rings. The minimum atomic E-state index is -0.627. The number of halogens is 2. The molecule has 1 N–H and O–H groups in total. The van der Waals surface area contributed by atoms with Gasteiger partial charge in [0.1, 0.15) is 11.9 Å². The summed E-state index contributed by atoms with van der Waals surface area (Å²) in [4.78, 5) is 10.3. The highest BCUT2D eigenvalue weighted by molar-refractivity contribution is 9.10.